The molecule has 1 aliphatic heterocycles. The van der Waals surface area contributed by atoms with Gasteiger partial charge in [-0.1, -0.05) is 25.7 Å². The van der Waals surface area contributed by atoms with Crippen LogP contribution in [-0.4, -0.2) is 37.1 Å². The summed E-state index contributed by atoms with van der Waals surface area (Å²) in [6, 6.07) is 0.699. The number of nitrogens with one attached hydrogen (secondary N) is 1. The van der Waals surface area contributed by atoms with Crippen LogP contribution in [0.5, 0.6) is 0 Å². The van der Waals surface area contributed by atoms with E-state index in [1.165, 1.54) is 64.7 Å². The van der Waals surface area contributed by atoms with Crippen LogP contribution in [0.15, 0.2) is 0 Å². The Kier molecular flexibility index (Phi) is 4.45. The Hall–Kier alpha value is -0.0800. The number of rotatable bonds is 2. The van der Waals surface area contributed by atoms with Crippen molar-refractivity contribution in [2.75, 3.05) is 26.2 Å². The first-order valence-electron chi connectivity index (χ1n) is 6.80. The maximum atomic E-state index is 3.52. The number of nitrogens with zero attached hydrogens (tertiary/aromatic N) is 1. The van der Waals surface area contributed by atoms with Gasteiger partial charge in [0.15, 0.2) is 0 Å². The zero-order valence-corrected chi connectivity index (χ0v) is 10.2. The van der Waals surface area contributed by atoms with Gasteiger partial charge in [0.1, 0.15) is 0 Å². The van der Waals surface area contributed by atoms with Crippen LogP contribution in [-0.2, 0) is 0 Å². The average Bonchev–Trinajstić information content (AvgIpc) is 2.46. The van der Waals surface area contributed by atoms with E-state index in [9.17, 15) is 0 Å². The molecule has 1 N–H and O–H groups in total. The van der Waals surface area contributed by atoms with E-state index < -0.39 is 0 Å². The van der Waals surface area contributed by atoms with Gasteiger partial charge in [0.25, 0.3) is 0 Å². The Morgan fingerprint density at radius 1 is 1.13 bits per heavy atom. The number of hydrogen-bond acceptors (Lipinski definition) is 2. The van der Waals surface area contributed by atoms with Crippen molar-refractivity contribution in [3.05, 3.63) is 0 Å². The fraction of sp³-hybridized carbons (Fsp3) is 1.00. The third kappa shape index (κ3) is 3.76. The highest BCUT2D eigenvalue weighted by Crippen LogP contribution is 2.23. The van der Waals surface area contributed by atoms with E-state index in [0.717, 1.165) is 5.92 Å². The van der Waals surface area contributed by atoms with Gasteiger partial charge in [-0.05, 0) is 25.7 Å². The second kappa shape index (κ2) is 5.86. The summed E-state index contributed by atoms with van der Waals surface area (Å²) in [5.74, 6) is 0.998. The monoisotopic (exact) mass is 210 g/mol. The quantitative estimate of drug-likeness (QED) is 0.703. The third-order valence-corrected chi connectivity index (χ3v) is 3.94. The van der Waals surface area contributed by atoms with Crippen molar-refractivity contribution >= 4 is 0 Å². The van der Waals surface area contributed by atoms with Crippen molar-refractivity contribution in [2.45, 2.75) is 51.5 Å². The lowest BCUT2D eigenvalue weighted by Gasteiger charge is -2.34. The topological polar surface area (TPSA) is 15.3 Å². The molecule has 2 rings (SSSR count). The molecule has 0 radical (unpaired) electrons. The zero-order valence-electron chi connectivity index (χ0n) is 10.2. The van der Waals surface area contributed by atoms with Crippen LogP contribution >= 0.6 is 0 Å². The maximum Gasteiger partial charge on any atom is 0.0167 e. The minimum absolute atomic E-state index is 0.699. The molecule has 0 aromatic heterocycles. The van der Waals surface area contributed by atoms with Crippen LogP contribution in [0.2, 0.25) is 0 Å². The Morgan fingerprint density at radius 3 is 2.53 bits per heavy atom. The lowest BCUT2D eigenvalue weighted by Crippen LogP contribution is -2.50. The molecule has 2 nitrogen and oxygen atoms in total. The van der Waals surface area contributed by atoms with Gasteiger partial charge in [-0.2, -0.15) is 0 Å². The molecule has 1 saturated heterocycles. The molecular formula is C13H26N2. The molecule has 1 aliphatic carbocycles. The summed E-state index contributed by atoms with van der Waals surface area (Å²) < 4.78 is 0. The number of hydrogen-bond donors (Lipinski definition) is 1. The second-order valence-corrected chi connectivity index (χ2v) is 5.47. The van der Waals surface area contributed by atoms with Crippen LogP contribution < -0.4 is 5.32 Å². The van der Waals surface area contributed by atoms with Gasteiger partial charge in [-0.25, -0.2) is 0 Å². The van der Waals surface area contributed by atoms with Gasteiger partial charge in [0, 0.05) is 32.2 Å². The summed E-state index contributed by atoms with van der Waals surface area (Å²) in [4.78, 5) is 2.68. The minimum Gasteiger partial charge on any atom is -0.312 e. The van der Waals surface area contributed by atoms with Crippen LogP contribution in [0.1, 0.15) is 45.4 Å². The summed E-state index contributed by atoms with van der Waals surface area (Å²) in [5.41, 5.74) is 0. The molecule has 1 saturated carbocycles. The summed E-state index contributed by atoms with van der Waals surface area (Å²) in [7, 11) is 0. The predicted molar refractivity (Wildman–Crippen MR) is 65.1 cm³/mol. The molecule has 1 atom stereocenters. The standard InChI is InChI=1S/C13H26N2/c1-12-10-15(9-8-14-12)11-13-6-4-2-3-5-7-13/h12-14H,2-11H2,1H3/t12-/m0/s1. The Labute approximate surface area is 94.4 Å². The molecule has 0 aromatic rings. The van der Waals surface area contributed by atoms with E-state index in [2.05, 4.69) is 17.1 Å². The smallest absolute Gasteiger partial charge is 0.0167 e. The normalized spacial score (nSPS) is 31.4. The summed E-state index contributed by atoms with van der Waals surface area (Å²) in [6.07, 6.45) is 8.89. The van der Waals surface area contributed by atoms with E-state index >= 15 is 0 Å². The SMILES string of the molecule is C[C@H]1CN(CC2CCCCCC2)CCN1. The molecule has 2 fully saturated rings. The highest BCUT2D eigenvalue weighted by molar-refractivity contribution is 4.77. The van der Waals surface area contributed by atoms with E-state index in [-0.39, 0.29) is 0 Å². The summed E-state index contributed by atoms with van der Waals surface area (Å²) in [6.45, 7) is 7.39. The third-order valence-electron chi connectivity index (χ3n) is 3.94. The molecule has 0 bridgehead atoms. The molecule has 15 heavy (non-hydrogen) atoms. The van der Waals surface area contributed by atoms with Crippen molar-refractivity contribution in [3.8, 4) is 0 Å². The Morgan fingerprint density at radius 2 is 1.87 bits per heavy atom. The van der Waals surface area contributed by atoms with Crippen LogP contribution in [0.4, 0.5) is 0 Å². The van der Waals surface area contributed by atoms with E-state index in [0.29, 0.717) is 6.04 Å². The van der Waals surface area contributed by atoms with Crippen molar-refractivity contribution in [2.24, 2.45) is 5.92 Å². The molecule has 0 unspecified atom stereocenters. The largest absolute Gasteiger partial charge is 0.312 e. The molecule has 88 valence electrons. The molecule has 0 amide bonds. The number of piperazine rings is 1. The summed E-state index contributed by atoms with van der Waals surface area (Å²) >= 11 is 0. The van der Waals surface area contributed by atoms with Gasteiger partial charge in [0.2, 0.25) is 0 Å². The van der Waals surface area contributed by atoms with Crippen molar-refractivity contribution in [3.63, 3.8) is 0 Å². The van der Waals surface area contributed by atoms with Gasteiger partial charge in [0.05, 0.1) is 0 Å². The van der Waals surface area contributed by atoms with E-state index in [1.807, 2.05) is 0 Å². The lowest BCUT2D eigenvalue weighted by molar-refractivity contribution is 0.172. The van der Waals surface area contributed by atoms with Crippen LogP contribution in [0.25, 0.3) is 0 Å². The van der Waals surface area contributed by atoms with Gasteiger partial charge < -0.3 is 10.2 Å². The van der Waals surface area contributed by atoms with E-state index in [1.54, 1.807) is 0 Å². The zero-order chi connectivity index (χ0) is 10.5. The van der Waals surface area contributed by atoms with Gasteiger partial charge in [-0.15, -0.1) is 0 Å². The molecule has 0 spiro atoms. The minimum atomic E-state index is 0.699. The first kappa shape index (κ1) is 11.4. The van der Waals surface area contributed by atoms with Gasteiger partial charge >= 0.3 is 0 Å². The average molecular weight is 210 g/mol. The van der Waals surface area contributed by atoms with Gasteiger partial charge in [-0.3, -0.25) is 0 Å². The van der Waals surface area contributed by atoms with Crippen molar-refractivity contribution < 1.29 is 0 Å². The molecule has 2 aliphatic rings. The van der Waals surface area contributed by atoms with Crippen molar-refractivity contribution in [1.29, 1.82) is 0 Å². The van der Waals surface area contributed by atoms with Crippen molar-refractivity contribution in [1.82, 2.24) is 10.2 Å². The fourth-order valence-electron chi connectivity index (χ4n) is 3.09. The Bertz CT molecular complexity index is 173. The van der Waals surface area contributed by atoms with Crippen LogP contribution in [0.3, 0.4) is 0 Å². The molecule has 2 heteroatoms. The second-order valence-electron chi connectivity index (χ2n) is 5.47. The highest BCUT2D eigenvalue weighted by atomic mass is 15.2. The predicted octanol–water partition coefficient (Wildman–Crippen LogP) is 2.25. The Balaban J connectivity index is 1.74. The maximum absolute atomic E-state index is 3.52. The molecular weight excluding hydrogens is 184 g/mol. The highest BCUT2D eigenvalue weighted by Gasteiger charge is 2.20. The first-order chi connectivity index (χ1) is 7.34. The molecule has 1 heterocycles. The molecule has 0 aromatic carbocycles. The fourth-order valence-corrected chi connectivity index (χ4v) is 3.09. The lowest BCUT2D eigenvalue weighted by atomic mass is 9.99. The van der Waals surface area contributed by atoms with Crippen LogP contribution in [0, 0.1) is 5.92 Å². The van der Waals surface area contributed by atoms with E-state index in [4.69, 9.17) is 0 Å². The first-order valence-corrected chi connectivity index (χ1v) is 6.80. The summed E-state index contributed by atoms with van der Waals surface area (Å²) in [5, 5.41) is 3.52.